The van der Waals surface area contributed by atoms with Crippen molar-refractivity contribution in [1.82, 2.24) is 15.1 Å². The monoisotopic (exact) mass is 250 g/mol. The summed E-state index contributed by atoms with van der Waals surface area (Å²) in [5, 5.41) is 16.1. The number of H-pyrrole nitrogens is 1. The molecule has 1 aromatic rings. The van der Waals surface area contributed by atoms with Crippen molar-refractivity contribution in [2.75, 3.05) is 25.4 Å². The fraction of sp³-hybridized carbons (Fsp3) is 0.667. The van der Waals surface area contributed by atoms with Gasteiger partial charge in [0.05, 0.1) is 11.4 Å². The summed E-state index contributed by atoms with van der Waals surface area (Å²) in [4.78, 5) is 14.0. The van der Waals surface area contributed by atoms with E-state index in [1.54, 1.807) is 4.90 Å². The van der Waals surface area contributed by atoms with Crippen LogP contribution in [0.2, 0.25) is 0 Å². The molecule has 2 aliphatic rings. The smallest absolute Gasteiger partial charge is 0.276 e. The number of hydrogen-bond donors (Lipinski definition) is 3. The number of amides is 1. The SMILES string of the molecule is Nc1c(C(=O)N2CCC(CO)C2)n[nH]c1C1CC1. The van der Waals surface area contributed by atoms with E-state index in [-0.39, 0.29) is 18.4 Å². The van der Waals surface area contributed by atoms with E-state index in [0.717, 1.165) is 25.0 Å². The molecule has 1 amide bonds. The molecule has 1 aromatic heterocycles. The number of rotatable bonds is 3. The lowest BCUT2D eigenvalue weighted by Crippen LogP contribution is -2.30. The highest BCUT2D eigenvalue weighted by Gasteiger charge is 2.33. The van der Waals surface area contributed by atoms with Crippen molar-refractivity contribution in [3.8, 4) is 0 Å². The lowest BCUT2D eigenvalue weighted by molar-refractivity contribution is 0.0777. The van der Waals surface area contributed by atoms with Crippen LogP contribution in [0.3, 0.4) is 0 Å². The molecule has 98 valence electrons. The van der Waals surface area contributed by atoms with Gasteiger partial charge in [-0.15, -0.1) is 0 Å². The number of aliphatic hydroxyl groups excluding tert-OH is 1. The first-order valence-corrected chi connectivity index (χ1v) is 6.44. The zero-order valence-corrected chi connectivity index (χ0v) is 10.2. The quantitative estimate of drug-likeness (QED) is 0.720. The number of nitrogens with one attached hydrogen (secondary N) is 1. The van der Waals surface area contributed by atoms with Crippen molar-refractivity contribution >= 4 is 11.6 Å². The Labute approximate surface area is 105 Å². The number of hydrogen-bond acceptors (Lipinski definition) is 4. The molecule has 1 aliphatic carbocycles. The second kappa shape index (κ2) is 4.28. The van der Waals surface area contributed by atoms with E-state index in [0.29, 0.717) is 30.4 Å². The van der Waals surface area contributed by atoms with E-state index in [4.69, 9.17) is 10.8 Å². The first kappa shape index (κ1) is 11.5. The number of nitrogen functional groups attached to an aromatic ring is 1. The third-order valence-corrected chi connectivity index (χ3v) is 3.85. The van der Waals surface area contributed by atoms with Gasteiger partial charge in [0.2, 0.25) is 0 Å². The molecule has 0 bridgehead atoms. The van der Waals surface area contributed by atoms with Crippen molar-refractivity contribution in [1.29, 1.82) is 0 Å². The largest absolute Gasteiger partial charge is 0.396 e. The number of likely N-dealkylation sites (tertiary alicyclic amines) is 1. The normalized spacial score (nSPS) is 23.6. The first-order valence-electron chi connectivity index (χ1n) is 6.44. The van der Waals surface area contributed by atoms with Crippen LogP contribution in [-0.4, -0.2) is 45.8 Å². The highest BCUT2D eigenvalue weighted by atomic mass is 16.3. The van der Waals surface area contributed by atoms with Crippen molar-refractivity contribution in [2.45, 2.75) is 25.2 Å². The maximum atomic E-state index is 12.3. The molecule has 6 heteroatoms. The van der Waals surface area contributed by atoms with Crippen LogP contribution >= 0.6 is 0 Å². The molecule has 1 unspecified atom stereocenters. The van der Waals surface area contributed by atoms with Crippen LogP contribution < -0.4 is 5.73 Å². The Balaban J connectivity index is 1.76. The molecule has 4 N–H and O–H groups in total. The number of nitrogens with zero attached hydrogens (tertiary/aromatic N) is 2. The third kappa shape index (κ3) is 1.86. The van der Waals surface area contributed by atoms with Gasteiger partial charge in [-0.25, -0.2) is 0 Å². The maximum Gasteiger partial charge on any atom is 0.276 e. The lowest BCUT2D eigenvalue weighted by atomic mass is 10.1. The second-order valence-corrected chi connectivity index (χ2v) is 5.26. The Bertz CT molecular complexity index is 467. The van der Waals surface area contributed by atoms with Crippen molar-refractivity contribution < 1.29 is 9.90 Å². The Morgan fingerprint density at radius 2 is 2.28 bits per heavy atom. The van der Waals surface area contributed by atoms with E-state index >= 15 is 0 Å². The molecule has 1 saturated heterocycles. The van der Waals surface area contributed by atoms with Crippen LogP contribution in [0.5, 0.6) is 0 Å². The van der Waals surface area contributed by atoms with Crippen LogP contribution in [0.4, 0.5) is 5.69 Å². The van der Waals surface area contributed by atoms with Gasteiger partial charge in [0.1, 0.15) is 0 Å². The van der Waals surface area contributed by atoms with Gasteiger partial charge in [-0.3, -0.25) is 9.89 Å². The summed E-state index contributed by atoms with van der Waals surface area (Å²) in [7, 11) is 0. The molecule has 18 heavy (non-hydrogen) atoms. The van der Waals surface area contributed by atoms with E-state index in [1.807, 2.05) is 0 Å². The van der Waals surface area contributed by atoms with Gasteiger partial charge < -0.3 is 15.7 Å². The first-order chi connectivity index (χ1) is 8.70. The molecular weight excluding hydrogens is 232 g/mol. The van der Waals surface area contributed by atoms with Gasteiger partial charge >= 0.3 is 0 Å². The predicted octanol–water partition coefficient (Wildman–Crippen LogP) is 0.324. The van der Waals surface area contributed by atoms with E-state index in [9.17, 15) is 4.79 Å². The summed E-state index contributed by atoms with van der Waals surface area (Å²) >= 11 is 0. The standard InChI is InChI=1S/C12H18N4O2/c13-9-10(8-1-2-8)14-15-11(9)12(18)16-4-3-7(5-16)6-17/h7-8,17H,1-6,13H2,(H,14,15). The average Bonchev–Trinajstić information content (AvgIpc) is 2.97. The number of aliphatic hydroxyl groups is 1. The molecule has 1 atom stereocenters. The molecule has 2 heterocycles. The van der Waals surface area contributed by atoms with Gasteiger partial charge in [0.25, 0.3) is 5.91 Å². The van der Waals surface area contributed by atoms with Crippen molar-refractivity contribution in [3.05, 3.63) is 11.4 Å². The van der Waals surface area contributed by atoms with Gasteiger partial charge in [0.15, 0.2) is 5.69 Å². The number of carbonyl (C=O) groups is 1. The zero-order valence-electron chi connectivity index (χ0n) is 10.2. The summed E-state index contributed by atoms with van der Waals surface area (Å²) < 4.78 is 0. The number of aromatic nitrogens is 2. The highest BCUT2D eigenvalue weighted by Crippen LogP contribution is 2.42. The molecular formula is C12H18N4O2. The van der Waals surface area contributed by atoms with E-state index < -0.39 is 0 Å². The number of aromatic amines is 1. The summed E-state index contributed by atoms with van der Waals surface area (Å²) in [5.74, 6) is 0.534. The zero-order chi connectivity index (χ0) is 12.7. The van der Waals surface area contributed by atoms with Gasteiger partial charge in [-0.05, 0) is 19.3 Å². The molecule has 1 aliphatic heterocycles. The minimum absolute atomic E-state index is 0.119. The fourth-order valence-corrected chi connectivity index (χ4v) is 2.53. The van der Waals surface area contributed by atoms with Crippen LogP contribution in [0.15, 0.2) is 0 Å². The fourth-order valence-electron chi connectivity index (χ4n) is 2.53. The highest BCUT2D eigenvalue weighted by molar-refractivity contribution is 5.97. The molecule has 0 spiro atoms. The predicted molar refractivity (Wildman–Crippen MR) is 66.1 cm³/mol. The minimum Gasteiger partial charge on any atom is -0.396 e. The third-order valence-electron chi connectivity index (χ3n) is 3.85. The van der Waals surface area contributed by atoms with Crippen LogP contribution in [-0.2, 0) is 0 Å². The Hall–Kier alpha value is -1.56. The van der Waals surface area contributed by atoms with E-state index in [2.05, 4.69) is 10.2 Å². The van der Waals surface area contributed by atoms with Crippen LogP contribution in [0, 0.1) is 5.92 Å². The Kier molecular flexibility index (Phi) is 2.74. The van der Waals surface area contributed by atoms with Crippen LogP contribution in [0.25, 0.3) is 0 Å². The van der Waals surface area contributed by atoms with Crippen LogP contribution in [0.1, 0.15) is 41.4 Å². The van der Waals surface area contributed by atoms with Gasteiger partial charge in [-0.1, -0.05) is 0 Å². The van der Waals surface area contributed by atoms with Gasteiger partial charge in [0, 0.05) is 31.5 Å². The summed E-state index contributed by atoms with van der Waals surface area (Å²) in [6.07, 6.45) is 3.09. The van der Waals surface area contributed by atoms with Crippen molar-refractivity contribution in [3.63, 3.8) is 0 Å². The van der Waals surface area contributed by atoms with E-state index in [1.165, 1.54) is 0 Å². The molecule has 2 fully saturated rings. The van der Waals surface area contributed by atoms with Crippen molar-refractivity contribution in [2.24, 2.45) is 5.92 Å². The Morgan fingerprint density at radius 1 is 1.50 bits per heavy atom. The molecule has 0 aromatic carbocycles. The molecule has 1 saturated carbocycles. The maximum absolute atomic E-state index is 12.3. The average molecular weight is 250 g/mol. The number of nitrogens with two attached hydrogens (primary N) is 1. The topological polar surface area (TPSA) is 95.2 Å². The molecule has 0 radical (unpaired) electrons. The lowest BCUT2D eigenvalue weighted by Gasteiger charge is -2.14. The number of anilines is 1. The minimum atomic E-state index is -0.119. The molecule has 3 rings (SSSR count). The van der Waals surface area contributed by atoms with Gasteiger partial charge in [-0.2, -0.15) is 5.10 Å². The molecule has 6 nitrogen and oxygen atoms in total. The Morgan fingerprint density at radius 3 is 2.89 bits per heavy atom. The summed E-state index contributed by atoms with van der Waals surface area (Å²) in [6, 6.07) is 0. The summed E-state index contributed by atoms with van der Waals surface area (Å²) in [5.41, 5.74) is 7.75. The summed E-state index contributed by atoms with van der Waals surface area (Å²) in [6.45, 7) is 1.41. The second-order valence-electron chi connectivity index (χ2n) is 5.26. The number of carbonyl (C=O) groups excluding carboxylic acids is 1.